The van der Waals surface area contributed by atoms with Crippen LogP contribution in [0.5, 0.6) is 0 Å². The van der Waals surface area contributed by atoms with E-state index in [4.69, 9.17) is 11.6 Å². The zero-order chi connectivity index (χ0) is 11.7. The summed E-state index contributed by atoms with van der Waals surface area (Å²) in [5, 5.41) is 0.655. The molecule has 0 spiro atoms. The van der Waals surface area contributed by atoms with Crippen molar-refractivity contribution in [2.24, 2.45) is 4.03 Å². The molecule has 0 heterocycles. The number of halogens is 1. The summed E-state index contributed by atoms with van der Waals surface area (Å²) in [4.78, 5) is 0.759. The molecule has 2 nitrogen and oxygen atoms in total. The molecule has 1 aromatic rings. The summed E-state index contributed by atoms with van der Waals surface area (Å²) >= 11 is 5.78. The first-order valence-corrected chi connectivity index (χ1v) is 10.4. The minimum atomic E-state index is -2.26. The van der Waals surface area contributed by atoms with Crippen LogP contribution in [0, 0.1) is 0 Å². The second-order valence-corrected chi connectivity index (χ2v) is 12.1. The average molecular weight is 262 g/mol. The van der Waals surface area contributed by atoms with Gasteiger partial charge in [-0.25, -0.2) is 4.21 Å². The standard InChI is InChI=1S/C10H16ClNOSSi/c1-14(13,12-15(2,3)4)10-7-5-9(11)6-8-10/h5-8H,1-4H3. The predicted octanol–water partition coefficient (Wildman–Crippen LogP) is 3.63. The summed E-state index contributed by atoms with van der Waals surface area (Å²) in [6.45, 7) is 6.23. The second-order valence-electron chi connectivity index (χ2n) is 4.52. The van der Waals surface area contributed by atoms with Crippen LogP contribution in [0.2, 0.25) is 24.7 Å². The van der Waals surface area contributed by atoms with Crippen LogP contribution in [-0.2, 0) is 9.73 Å². The maximum absolute atomic E-state index is 12.3. The summed E-state index contributed by atoms with van der Waals surface area (Å²) < 4.78 is 16.8. The Morgan fingerprint density at radius 1 is 1.20 bits per heavy atom. The Bertz CT molecular complexity index is 455. The fraction of sp³-hybridized carbons (Fsp3) is 0.400. The number of nitrogens with zero attached hydrogens (tertiary/aromatic N) is 1. The van der Waals surface area contributed by atoms with E-state index in [2.05, 4.69) is 23.7 Å². The lowest BCUT2D eigenvalue weighted by atomic mass is 10.4. The van der Waals surface area contributed by atoms with Crippen molar-refractivity contribution in [2.45, 2.75) is 24.5 Å². The van der Waals surface area contributed by atoms with Crippen LogP contribution in [-0.4, -0.2) is 18.7 Å². The molecule has 15 heavy (non-hydrogen) atoms. The number of benzene rings is 1. The molecule has 84 valence electrons. The highest BCUT2D eigenvalue weighted by molar-refractivity contribution is 7.93. The van der Waals surface area contributed by atoms with E-state index in [-0.39, 0.29) is 0 Å². The molecule has 0 N–H and O–H groups in total. The van der Waals surface area contributed by atoms with Crippen LogP contribution in [0.4, 0.5) is 0 Å². The fourth-order valence-corrected chi connectivity index (χ4v) is 6.63. The van der Waals surface area contributed by atoms with Crippen molar-refractivity contribution < 1.29 is 4.21 Å². The Labute approximate surface area is 97.9 Å². The van der Waals surface area contributed by atoms with Gasteiger partial charge in [-0.2, -0.15) is 0 Å². The molecule has 0 bridgehead atoms. The van der Waals surface area contributed by atoms with Crippen molar-refractivity contribution in [3.63, 3.8) is 0 Å². The smallest absolute Gasteiger partial charge is 0.185 e. The van der Waals surface area contributed by atoms with Gasteiger partial charge in [0.05, 0.1) is 9.73 Å². The first-order chi connectivity index (χ1) is 6.71. The van der Waals surface area contributed by atoms with E-state index < -0.39 is 18.0 Å². The Morgan fingerprint density at radius 3 is 2.07 bits per heavy atom. The molecule has 0 fully saturated rings. The topological polar surface area (TPSA) is 29.4 Å². The molecule has 1 atom stereocenters. The van der Waals surface area contributed by atoms with E-state index in [1.165, 1.54) is 0 Å². The molecule has 0 aromatic heterocycles. The third-order valence-corrected chi connectivity index (χ3v) is 6.68. The molecule has 0 aliphatic heterocycles. The Morgan fingerprint density at radius 2 is 1.67 bits per heavy atom. The van der Waals surface area contributed by atoms with Gasteiger partial charge in [0.15, 0.2) is 8.24 Å². The second kappa shape index (κ2) is 4.27. The Hall–Kier alpha value is -0.323. The quantitative estimate of drug-likeness (QED) is 0.748. The van der Waals surface area contributed by atoms with Gasteiger partial charge in [-0.05, 0) is 43.9 Å². The lowest BCUT2D eigenvalue weighted by Crippen LogP contribution is -2.19. The summed E-state index contributed by atoms with van der Waals surface area (Å²) in [6, 6.07) is 7.07. The van der Waals surface area contributed by atoms with Gasteiger partial charge in [0.25, 0.3) is 0 Å². The minimum Gasteiger partial charge on any atom is -0.274 e. The van der Waals surface area contributed by atoms with Gasteiger partial charge in [-0.1, -0.05) is 11.6 Å². The van der Waals surface area contributed by atoms with Crippen LogP contribution in [0.25, 0.3) is 0 Å². The van der Waals surface area contributed by atoms with Gasteiger partial charge in [-0.15, -0.1) is 0 Å². The number of hydrogen-bond donors (Lipinski definition) is 0. The van der Waals surface area contributed by atoms with Gasteiger partial charge in [0.2, 0.25) is 0 Å². The fourth-order valence-electron chi connectivity index (χ4n) is 1.26. The van der Waals surface area contributed by atoms with Gasteiger partial charge >= 0.3 is 0 Å². The molecule has 0 amide bonds. The van der Waals surface area contributed by atoms with Gasteiger partial charge in [0.1, 0.15) is 0 Å². The van der Waals surface area contributed by atoms with Crippen molar-refractivity contribution in [3.8, 4) is 0 Å². The summed E-state index contributed by atoms with van der Waals surface area (Å²) in [7, 11) is -3.93. The van der Waals surface area contributed by atoms with Crippen molar-refractivity contribution in [2.75, 3.05) is 6.26 Å². The van der Waals surface area contributed by atoms with Crippen molar-refractivity contribution >= 4 is 29.6 Å². The zero-order valence-corrected chi connectivity index (χ0v) is 12.0. The van der Waals surface area contributed by atoms with E-state index >= 15 is 0 Å². The third-order valence-electron chi connectivity index (χ3n) is 1.70. The van der Waals surface area contributed by atoms with E-state index in [9.17, 15) is 4.21 Å². The summed E-state index contributed by atoms with van der Waals surface area (Å²) in [6.07, 6.45) is 1.69. The molecule has 0 saturated carbocycles. The molecule has 1 unspecified atom stereocenters. The Kier molecular flexibility index (Phi) is 3.63. The van der Waals surface area contributed by atoms with E-state index in [1.807, 2.05) is 0 Å². The van der Waals surface area contributed by atoms with Gasteiger partial charge in [0, 0.05) is 16.2 Å². The summed E-state index contributed by atoms with van der Waals surface area (Å²) in [5.41, 5.74) is 0. The molecular formula is C10H16ClNOSSi. The molecule has 0 aliphatic rings. The third kappa shape index (κ3) is 3.97. The van der Waals surface area contributed by atoms with E-state index in [1.54, 1.807) is 30.5 Å². The predicted molar refractivity (Wildman–Crippen MR) is 69.6 cm³/mol. The molecule has 0 saturated heterocycles. The van der Waals surface area contributed by atoms with E-state index in [0.717, 1.165) is 4.90 Å². The SMILES string of the molecule is C[Si](C)(C)N=S(C)(=O)c1ccc(Cl)cc1. The minimum absolute atomic E-state index is 0.655. The van der Waals surface area contributed by atoms with Crippen molar-refractivity contribution in [3.05, 3.63) is 29.3 Å². The van der Waals surface area contributed by atoms with Crippen LogP contribution >= 0.6 is 11.6 Å². The van der Waals surface area contributed by atoms with Crippen molar-refractivity contribution in [1.82, 2.24) is 0 Å². The average Bonchev–Trinajstić information content (AvgIpc) is 2.00. The number of rotatable bonds is 2. The highest BCUT2D eigenvalue weighted by Crippen LogP contribution is 2.18. The highest BCUT2D eigenvalue weighted by Gasteiger charge is 2.16. The van der Waals surface area contributed by atoms with Crippen LogP contribution in [0.1, 0.15) is 0 Å². The van der Waals surface area contributed by atoms with Crippen LogP contribution in [0.3, 0.4) is 0 Å². The maximum Gasteiger partial charge on any atom is 0.185 e. The van der Waals surface area contributed by atoms with Crippen LogP contribution in [0.15, 0.2) is 33.2 Å². The Balaban J connectivity index is 3.23. The normalized spacial score (nSPS) is 15.8. The van der Waals surface area contributed by atoms with Gasteiger partial charge < -0.3 is 0 Å². The van der Waals surface area contributed by atoms with E-state index in [0.29, 0.717) is 5.02 Å². The molecular weight excluding hydrogens is 246 g/mol. The number of hydrogen-bond acceptors (Lipinski definition) is 2. The highest BCUT2D eigenvalue weighted by atomic mass is 35.5. The molecule has 0 aliphatic carbocycles. The monoisotopic (exact) mass is 261 g/mol. The first-order valence-electron chi connectivity index (χ1n) is 4.70. The zero-order valence-electron chi connectivity index (χ0n) is 9.45. The lowest BCUT2D eigenvalue weighted by molar-refractivity contribution is 0.681. The molecule has 1 rings (SSSR count). The van der Waals surface area contributed by atoms with Gasteiger partial charge in [-0.3, -0.25) is 4.03 Å². The first kappa shape index (κ1) is 12.7. The van der Waals surface area contributed by atoms with Crippen molar-refractivity contribution in [1.29, 1.82) is 0 Å². The molecule has 5 heteroatoms. The van der Waals surface area contributed by atoms with Crippen LogP contribution < -0.4 is 0 Å². The summed E-state index contributed by atoms with van der Waals surface area (Å²) in [5.74, 6) is 0. The lowest BCUT2D eigenvalue weighted by Gasteiger charge is -2.13. The maximum atomic E-state index is 12.3. The molecule has 0 radical (unpaired) electrons. The largest absolute Gasteiger partial charge is 0.274 e. The molecule has 1 aromatic carbocycles.